The Balaban J connectivity index is 2.39. The second-order valence-corrected chi connectivity index (χ2v) is 6.23. The first-order valence-corrected chi connectivity index (χ1v) is 7.87. The van der Waals surface area contributed by atoms with Crippen molar-refractivity contribution in [3.05, 3.63) is 46.9 Å². The lowest BCUT2D eigenvalue weighted by atomic mass is 9.90. The summed E-state index contributed by atoms with van der Waals surface area (Å²) in [6, 6.07) is 5.94. The Morgan fingerprint density at radius 3 is 2.54 bits per heavy atom. The highest BCUT2D eigenvalue weighted by molar-refractivity contribution is 6.07. The molecule has 1 aliphatic heterocycles. The number of hydrogen-bond acceptors (Lipinski definition) is 4. The lowest BCUT2D eigenvalue weighted by Crippen LogP contribution is -2.42. The van der Waals surface area contributed by atoms with E-state index in [1.165, 1.54) is 12.1 Å². The number of hydrogen-bond donors (Lipinski definition) is 2. The number of nitrogens with one attached hydrogen (secondary N) is 1. The first-order valence-electron chi connectivity index (χ1n) is 7.87. The third-order valence-corrected chi connectivity index (χ3v) is 4.21. The number of aliphatic hydroxyl groups excluding tert-OH is 1. The molecule has 6 heteroatoms. The average molecular weight is 329 g/mol. The van der Waals surface area contributed by atoms with E-state index in [0.717, 1.165) is 5.69 Å². The van der Waals surface area contributed by atoms with Crippen LogP contribution in [0.4, 0.5) is 10.2 Å². The van der Waals surface area contributed by atoms with Gasteiger partial charge in [0, 0.05) is 18.2 Å². The van der Waals surface area contributed by atoms with Crippen LogP contribution < -0.4 is 10.2 Å². The van der Waals surface area contributed by atoms with Crippen molar-refractivity contribution in [3.8, 4) is 11.1 Å². The van der Waals surface area contributed by atoms with Crippen molar-refractivity contribution in [2.24, 2.45) is 0 Å². The van der Waals surface area contributed by atoms with Crippen LogP contribution in [0.2, 0.25) is 0 Å². The van der Waals surface area contributed by atoms with Gasteiger partial charge in [0.1, 0.15) is 11.6 Å². The van der Waals surface area contributed by atoms with E-state index in [4.69, 9.17) is 0 Å². The first kappa shape index (κ1) is 16.4. The predicted molar refractivity (Wildman–Crippen MR) is 90.4 cm³/mol. The van der Waals surface area contributed by atoms with Crippen LogP contribution in [0.5, 0.6) is 0 Å². The van der Waals surface area contributed by atoms with E-state index in [1.807, 2.05) is 25.8 Å². The molecule has 24 heavy (non-hydrogen) atoms. The van der Waals surface area contributed by atoms with Crippen molar-refractivity contribution in [3.63, 3.8) is 0 Å². The number of anilines is 1. The summed E-state index contributed by atoms with van der Waals surface area (Å²) in [6.07, 6.45) is 0. The molecule has 0 radical (unpaired) electrons. The number of fused-ring (bicyclic) bond motifs is 1. The maximum absolute atomic E-state index is 13.3. The fraction of sp³-hybridized carbons (Fsp3) is 0.333. The second kappa shape index (κ2) is 6.20. The van der Waals surface area contributed by atoms with Crippen LogP contribution in [0.15, 0.2) is 24.3 Å². The Hall–Kier alpha value is -2.47. The number of rotatable bonds is 3. The number of pyridine rings is 1. The molecule has 1 aromatic carbocycles. The molecule has 0 saturated carbocycles. The highest BCUT2D eigenvalue weighted by atomic mass is 19.1. The largest absolute Gasteiger partial charge is 0.392 e. The fourth-order valence-electron chi connectivity index (χ4n) is 3.05. The Kier molecular flexibility index (Phi) is 4.24. The molecule has 126 valence electrons. The van der Waals surface area contributed by atoms with Crippen LogP contribution in [0.3, 0.4) is 0 Å². The highest BCUT2D eigenvalue weighted by Crippen LogP contribution is 2.38. The normalized spacial score (nSPS) is 13.9. The van der Waals surface area contributed by atoms with E-state index in [9.17, 15) is 14.3 Å². The molecule has 3 rings (SSSR count). The van der Waals surface area contributed by atoms with Crippen LogP contribution in [-0.4, -0.2) is 29.7 Å². The Morgan fingerprint density at radius 1 is 1.29 bits per heavy atom. The highest BCUT2D eigenvalue weighted by Gasteiger charge is 2.30. The van der Waals surface area contributed by atoms with Gasteiger partial charge in [0.25, 0.3) is 5.91 Å². The summed E-state index contributed by atoms with van der Waals surface area (Å²) in [7, 11) is 1.85. The molecule has 0 spiro atoms. The van der Waals surface area contributed by atoms with E-state index in [2.05, 4.69) is 10.3 Å². The number of aliphatic hydroxyl groups is 1. The van der Waals surface area contributed by atoms with E-state index in [1.54, 1.807) is 12.1 Å². The molecular formula is C18H20FN3O2. The van der Waals surface area contributed by atoms with Gasteiger partial charge in [-0.1, -0.05) is 26.0 Å². The average Bonchev–Trinajstić information content (AvgIpc) is 2.57. The van der Waals surface area contributed by atoms with E-state index < -0.39 is 0 Å². The Labute approximate surface area is 140 Å². The van der Waals surface area contributed by atoms with Gasteiger partial charge in [-0.05, 0) is 23.6 Å². The first-order chi connectivity index (χ1) is 11.4. The molecule has 2 aromatic rings. The summed E-state index contributed by atoms with van der Waals surface area (Å²) in [6.45, 7) is 4.12. The number of aromatic nitrogens is 1. The minimum Gasteiger partial charge on any atom is -0.392 e. The minimum atomic E-state index is -0.349. The maximum atomic E-state index is 13.3. The third-order valence-electron chi connectivity index (χ3n) is 4.21. The van der Waals surface area contributed by atoms with Gasteiger partial charge in [0.15, 0.2) is 0 Å². The summed E-state index contributed by atoms with van der Waals surface area (Å²) in [5.74, 6) is 0.0758. The molecule has 0 fully saturated rings. The van der Waals surface area contributed by atoms with Crippen molar-refractivity contribution in [1.29, 1.82) is 0 Å². The van der Waals surface area contributed by atoms with Crippen LogP contribution in [0.1, 0.15) is 41.4 Å². The zero-order valence-corrected chi connectivity index (χ0v) is 13.9. The zero-order chi connectivity index (χ0) is 17.4. The lowest BCUT2D eigenvalue weighted by Gasteiger charge is -2.31. The second-order valence-electron chi connectivity index (χ2n) is 6.23. The van der Waals surface area contributed by atoms with Crippen LogP contribution in [0, 0.1) is 5.82 Å². The number of benzene rings is 1. The van der Waals surface area contributed by atoms with Crippen molar-refractivity contribution >= 4 is 11.7 Å². The molecule has 0 atom stereocenters. The number of carbonyl (C=O) groups excluding carboxylic acids is 1. The molecule has 0 bridgehead atoms. The molecule has 1 aromatic heterocycles. The summed E-state index contributed by atoms with van der Waals surface area (Å²) >= 11 is 0. The SMILES string of the molecule is CC(C)c1nc2c(c(-c3ccc(F)cc3)c1CO)C(=O)NCN2C. The van der Waals surface area contributed by atoms with Gasteiger partial charge in [-0.25, -0.2) is 9.37 Å². The molecule has 0 unspecified atom stereocenters. The molecule has 0 aliphatic carbocycles. The van der Waals surface area contributed by atoms with Gasteiger partial charge in [0.05, 0.1) is 24.5 Å². The lowest BCUT2D eigenvalue weighted by molar-refractivity contribution is 0.0948. The van der Waals surface area contributed by atoms with Gasteiger partial charge >= 0.3 is 0 Å². The summed E-state index contributed by atoms with van der Waals surface area (Å²) in [5.41, 5.74) is 3.09. The van der Waals surface area contributed by atoms with Crippen molar-refractivity contribution < 1.29 is 14.3 Å². The summed E-state index contributed by atoms with van der Waals surface area (Å²) in [4.78, 5) is 19.0. The number of carbonyl (C=O) groups is 1. The van der Waals surface area contributed by atoms with Gasteiger partial charge in [0.2, 0.25) is 0 Å². The number of nitrogens with zero attached hydrogens (tertiary/aromatic N) is 2. The van der Waals surface area contributed by atoms with Crippen molar-refractivity contribution in [2.45, 2.75) is 26.4 Å². The third kappa shape index (κ3) is 2.63. The van der Waals surface area contributed by atoms with Crippen molar-refractivity contribution in [1.82, 2.24) is 10.3 Å². The molecule has 0 saturated heterocycles. The topological polar surface area (TPSA) is 65.5 Å². The van der Waals surface area contributed by atoms with Gasteiger partial charge in [-0.15, -0.1) is 0 Å². The van der Waals surface area contributed by atoms with E-state index in [-0.39, 0.29) is 24.2 Å². The van der Waals surface area contributed by atoms with Gasteiger partial charge in [-0.2, -0.15) is 0 Å². The van der Waals surface area contributed by atoms with Crippen LogP contribution in [-0.2, 0) is 6.61 Å². The fourth-order valence-corrected chi connectivity index (χ4v) is 3.05. The molecule has 1 amide bonds. The monoisotopic (exact) mass is 329 g/mol. The van der Waals surface area contributed by atoms with Crippen molar-refractivity contribution in [2.75, 3.05) is 18.6 Å². The summed E-state index contributed by atoms with van der Waals surface area (Å²) < 4.78 is 13.3. The smallest absolute Gasteiger partial charge is 0.257 e. The van der Waals surface area contributed by atoms with Gasteiger partial charge < -0.3 is 15.3 Å². The predicted octanol–water partition coefficient (Wildman–Crippen LogP) is 2.64. The molecular weight excluding hydrogens is 309 g/mol. The molecule has 2 heterocycles. The minimum absolute atomic E-state index is 0.0787. The Morgan fingerprint density at radius 2 is 1.96 bits per heavy atom. The summed E-state index contributed by atoms with van der Waals surface area (Å²) in [5, 5.41) is 12.8. The van der Waals surface area contributed by atoms with Crippen LogP contribution in [0.25, 0.3) is 11.1 Å². The number of halogens is 1. The van der Waals surface area contributed by atoms with E-state index >= 15 is 0 Å². The van der Waals surface area contributed by atoms with E-state index in [0.29, 0.717) is 34.7 Å². The standard InChI is InChI=1S/C18H20FN3O2/c1-10(2)16-13(8-23)14(11-4-6-12(19)7-5-11)15-17(21-16)22(3)9-20-18(15)24/h4-7,10,23H,8-9H2,1-3H3,(H,20,24). The molecule has 1 aliphatic rings. The molecule has 5 nitrogen and oxygen atoms in total. The Bertz CT molecular complexity index is 788. The molecule has 2 N–H and O–H groups in total. The zero-order valence-electron chi connectivity index (χ0n) is 13.9. The van der Waals surface area contributed by atoms with Crippen LogP contribution >= 0.6 is 0 Å². The van der Waals surface area contributed by atoms with Gasteiger partial charge in [-0.3, -0.25) is 4.79 Å². The maximum Gasteiger partial charge on any atom is 0.257 e. The number of amides is 1. The quantitative estimate of drug-likeness (QED) is 0.908.